The number of hydrogen-bond donors (Lipinski definition) is 1. The van der Waals surface area contributed by atoms with Gasteiger partial charge in [0.05, 0.1) is 4.90 Å². The van der Waals surface area contributed by atoms with Crippen LogP contribution < -0.4 is 5.32 Å². The van der Waals surface area contributed by atoms with Crippen LogP contribution in [0.5, 0.6) is 0 Å². The first-order chi connectivity index (χ1) is 10.0. The van der Waals surface area contributed by atoms with Gasteiger partial charge in [-0.2, -0.15) is 0 Å². The summed E-state index contributed by atoms with van der Waals surface area (Å²) in [5.41, 5.74) is 1.14. The van der Waals surface area contributed by atoms with Crippen LogP contribution >= 0.6 is 11.8 Å². The van der Waals surface area contributed by atoms with E-state index in [4.69, 9.17) is 0 Å². The van der Waals surface area contributed by atoms with E-state index >= 15 is 0 Å². The molecule has 0 saturated carbocycles. The number of nitrogens with zero attached hydrogens (tertiary/aromatic N) is 1. The topological polar surface area (TPSA) is 59.1 Å². The largest absolute Gasteiger partial charge is 0.313 e. The summed E-state index contributed by atoms with van der Waals surface area (Å²) < 4.78 is 22.9. The number of hydrogen-bond acceptors (Lipinski definition) is 5. The zero-order valence-electron chi connectivity index (χ0n) is 12.0. The van der Waals surface area contributed by atoms with Gasteiger partial charge in [-0.3, -0.25) is 0 Å². The van der Waals surface area contributed by atoms with E-state index < -0.39 is 9.84 Å². The first-order valence-corrected chi connectivity index (χ1v) is 9.34. The maximum atomic E-state index is 11.4. The molecule has 0 amide bonds. The molecule has 1 heterocycles. The lowest BCUT2D eigenvalue weighted by atomic mass is 10.3. The predicted molar refractivity (Wildman–Crippen MR) is 85.3 cm³/mol. The number of pyridine rings is 1. The van der Waals surface area contributed by atoms with Crippen LogP contribution in [0.1, 0.15) is 12.5 Å². The number of aromatic nitrogens is 1. The molecule has 2 aromatic rings. The maximum absolute atomic E-state index is 11.4. The Morgan fingerprint density at radius 1 is 1.19 bits per heavy atom. The molecule has 1 N–H and O–H groups in total. The van der Waals surface area contributed by atoms with Gasteiger partial charge in [0.1, 0.15) is 5.03 Å². The minimum Gasteiger partial charge on any atom is -0.313 e. The molecule has 21 heavy (non-hydrogen) atoms. The third-order valence-corrected chi connectivity index (χ3v) is 5.08. The molecular formula is C15H18N2O2S2. The Labute approximate surface area is 129 Å². The molecule has 0 aliphatic carbocycles. The van der Waals surface area contributed by atoms with Crippen molar-refractivity contribution in [2.24, 2.45) is 0 Å². The van der Waals surface area contributed by atoms with Crippen LogP contribution in [0.15, 0.2) is 57.4 Å². The van der Waals surface area contributed by atoms with E-state index in [1.54, 1.807) is 18.3 Å². The van der Waals surface area contributed by atoms with Crippen molar-refractivity contribution in [2.45, 2.75) is 28.3 Å². The highest BCUT2D eigenvalue weighted by Gasteiger charge is 2.08. The smallest absolute Gasteiger partial charge is 0.175 e. The van der Waals surface area contributed by atoms with Crippen LogP contribution in [0, 0.1) is 0 Å². The van der Waals surface area contributed by atoms with Gasteiger partial charge in [0.15, 0.2) is 9.84 Å². The molecule has 0 bridgehead atoms. The summed E-state index contributed by atoms with van der Waals surface area (Å²) in [6.45, 7) is 3.74. The summed E-state index contributed by atoms with van der Waals surface area (Å²) in [5, 5.41) is 4.22. The number of nitrogens with one attached hydrogen (secondary N) is 1. The Bertz CT molecular complexity index is 698. The fraction of sp³-hybridized carbons (Fsp3) is 0.267. The molecule has 0 spiro atoms. The SMILES string of the molecule is CCNCc1cccnc1Sc1ccc(S(C)(=O)=O)cc1. The molecule has 6 heteroatoms. The minimum absolute atomic E-state index is 0.334. The van der Waals surface area contributed by atoms with E-state index in [1.165, 1.54) is 18.0 Å². The predicted octanol–water partition coefficient (Wildman–Crippen LogP) is 2.75. The van der Waals surface area contributed by atoms with Crippen molar-refractivity contribution in [3.63, 3.8) is 0 Å². The van der Waals surface area contributed by atoms with Gasteiger partial charge in [0.2, 0.25) is 0 Å². The molecule has 2 rings (SSSR count). The molecule has 1 aromatic heterocycles. The standard InChI is InChI=1S/C15H18N2O2S2/c1-3-16-11-12-5-4-10-17-15(12)20-13-6-8-14(9-7-13)21(2,18)19/h4-10,16H,3,11H2,1-2H3. The normalized spacial score (nSPS) is 11.5. The van der Waals surface area contributed by atoms with Gasteiger partial charge in [0, 0.05) is 23.9 Å². The fourth-order valence-electron chi connectivity index (χ4n) is 1.78. The van der Waals surface area contributed by atoms with E-state index in [-0.39, 0.29) is 0 Å². The minimum atomic E-state index is -3.15. The van der Waals surface area contributed by atoms with Gasteiger partial charge in [-0.15, -0.1) is 0 Å². The van der Waals surface area contributed by atoms with Crippen molar-refractivity contribution in [2.75, 3.05) is 12.8 Å². The highest BCUT2D eigenvalue weighted by Crippen LogP contribution is 2.29. The van der Waals surface area contributed by atoms with Gasteiger partial charge in [0.25, 0.3) is 0 Å². The van der Waals surface area contributed by atoms with E-state index in [9.17, 15) is 8.42 Å². The Hall–Kier alpha value is -1.37. The van der Waals surface area contributed by atoms with Crippen LogP contribution in [0.2, 0.25) is 0 Å². The van der Waals surface area contributed by atoms with E-state index in [2.05, 4.69) is 17.2 Å². The average Bonchev–Trinajstić information content (AvgIpc) is 2.46. The highest BCUT2D eigenvalue weighted by atomic mass is 32.2. The number of rotatable bonds is 6. The Kier molecular flexibility index (Phi) is 5.39. The average molecular weight is 322 g/mol. The van der Waals surface area contributed by atoms with Crippen molar-refractivity contribution >= 4 is 21.6 Å². The summed E-state index contributed by atoms with van der Waals surface area (Å²) in [6, 6.07) is 10.8. The van der Waals surface area contributed by atoms with Gasteiger partial charge < -0.3 is 5.32 Å². The van der Waals surface area contributed by atoms with Crippen molar-refractivity contribution in [3.8, 4) is 0 Å². The Balaban J connectivity index is 2.18. The lowest BCUT2D eigenvalue weighted by molar-refractivity contribution is 0.602. The van der Waals surface area contributed by atoms with Gasteiger partial charge >= 0.3 is 0 Å². The lowest BCUT2D eigenvalue weighted by Gasteiger charge is -2.08. The Morgan fingerprint density at radius 2 is 1.90 bits per heavy atom. The second-order valence-electron chi connectivity index (χ2n) is 4.59. The number of benzene rings is 1. The van der Waals surface area contributed by atoms with Crippen LogP contribution in [0.3, 0.4) is 0 Å². The molecule has 4 nitrogen and oxygen atoms in total. The Morgan fingerprint density at radius 3 is 2.52 bits per heavy atom. The zero-order chi connectivity index (χ0) is 15.3. The molecule has 0 aliphatic heterocycles. The summed E-state index contributed by atoms with van der Waals surface area (Å²) >= 11 is 1.54. The lowest BCUT2D eigenvalue weighted by Crippen LogP contribution is -2.12. The molecule has 0 radical (unpaired) electrons. The van der Waals surface area contributed by atoms with Crippen LogP contribution in [0.4, 0.5) is 0 Å². The molecule has 0 fully saturated rings. The van der Waals surface area contributed by atoms with Gasteiger partial charge in [-0.25, -0.2) is 13.4 Å². The van der Waals surface area contributed by atoms with Crippen molar-refractivity contribution < 1.29 is 8.42 Å². The maximum Gasteiger partial charge on any atom is 0.175 e. The van der Waals surface area contributed by atoms with Crippen LogP contribution in [-0.4, -0.2) is 26.2 Å². The molecule has 0 saturated heterocycles. The highest BCUT2D eigenvalue weighted by molar-refractivity contribution is 7.99. The molecule has 1 aromatic carbocycles. The number of sulfone groups is 1. The van der Waals surface area contributed by atoms with Crippen LogP contribution in [0.25, 0.3) is 0 Å². The van der Waals surface area contributed by atoms with Gasteiger partial charge in [-0.1, -0.05) is 24.8 Å². The summed E-state index contributed by atoms with van der Waals surface area (Å²) in [7, 11) is -3.15. The molecule has 0 aliphatic rings. The third kappa shape index (κ3) is 4.56. The molecule has 0 atom stereocenters. The zero-order valence-corrected chi connectivity index (χ0v) is 13.7. The van der Waals surface area contributed by atoms with Crippen molar-refractivity contribution in [1.82, 2.24) is 10.3 Å². The summed E-state index contributed by atoms with van der Waals surface area (Å²) in [6.07, 6.45) is 2.98. The second kappa shape index (κ2) is 7.06. The molecule has 0 unspecified atom stereocenters. The van der Waals surface area contributed by atoms with E-state index in [0.29, 0.717) is 4.90 Å². The first-order valence-electron chi connectivity index (χ1n) is 6.63. The van der Waals surface area contributed by atoms with Crippen LogP contribution in [-0.2, 0) is 16.4 Å². The van der Waals surface area contributed by atoms with Gasteiger partial charge in [-0.05, 0) is 42.4 Å². The third-order valence-electron chi connectivity index (χ3n) is 2.88. The monoisotopic (exact) mass is 322 g/mol. The second-order valence-corrected chi connectivity index (χ2v) is 7.67. The summed E-state index contributed by atoms with van der Waals surface area (Å²) in [4.78, 5) is 5.71. The molecular weight excluding hydrogens is 304 g/mol. The summed E-state index contributed by atoms with van der Waals surface area (Å²) in [5.74, 6) is 0. The van der Waals surface area contributed by atoms with E-state index in [1.807, 2.05) is 24.3 Å². The fourth-order valence-corrected chi connectivity index (χ4v) is 3.29. The molecule has 112 valence electrons. The first kappa shape index (κ1) is 16.0. The van der Waals surface area contributed by atoms with E-state index in [0.717, 1.165) is 28.6 Å². The van der Waals surface area contributed by atoms with Crippen molar-refractivity contribution in [1.29, 1.82) is 0 Å². The van der Waals surface area contributed by atoms with Crippen molar-refractivity contribution in [3.05, 3.63) is 48.2 Å². The quantitative estimate of drug-likeness (QED) is 0.886.